The molecule has 11 nitrogen and oxygen atoms in total. The number of carbonyl (C=O) groups is 1. The summed E-state index contributed by atoms with van der Waals surface area (Å²) in [5.74, 6) is 0.171. The summed E-state index contributed by atoms with van der Waals surface area (Å²) in [5, 5.41) is 3.36. The molecular formula is C26H30N6O5S. The Balaban J connectivity index is 1.60. The van der Waals surface area contributed by atoms with Gasteiger partial charge in [-0.2, -0.15) is 0 Å². The first kappa shape index (κ1) is 25.7. The second kappa shape index (κ2) is 9.43. The highest BCUT2D eigenvalue weighted by molar-refractivity contribution is 7.90. The lowest BCUT2D eigenvalue weighted by molar-refractivity contribution is 0.0189. The lowest BCUT2D eigenvalue weighted by atomic mass is 10.0. The fourth-order valence-electron chi connectivity index (χ4n) is 4.80. The number of carbonyl (C=O) groups excluding carboxylic acids is 1. The number of aromatic nitrogens is 4. The molecule has 0 bridgehead atoms. The van der Waals surface area contributed by atoms with Gasteiger partial charge in [-0.3, -0.25) is 9.36 Å². The number of anilines is 1. The third-order valence-corrected chi connectivity index (χ3v) is 8.23. The maximum atomic E-state index is 13.6. The van der Waals surface area contributed by atoms with Gasteiger partial charge < -0.3 is 15.0 Å². The number of pyridine rings is 1. The monoisotopic (exact) mass is 538 g/mol. The molecule has 200 valence electrons. The Hall–Kier alpha value is -3.93. The summed E-state index contributed by atoms with van der Waals surface area (Å²) in [6, 6.07) is 9.53. The zero-order valence-corrected chi connectivity index (χ0v) is 22.5. The zero-order chi connectivity index (χ0) is 27.2. The Kier molecular flexibility index (Phi) is 6.38. The smallest absolute Gasteiger partial charge is 0.410 e. The highest BCUT2D eigenvalue weighted by Crippen LogP contribution is 2.31. The van der Waals surface area contributed by atoms with Crippen molar-refractivity contribution in [1.82, 2.24) is 23.4 Å². The van der Waals surface area contributed by atoms with E-state index in [-0.39, 0.29) is 34.1 Å². The normalized spacial score (nSPS) is 15.2. The Morgan fingerprint density at radius 2 is 1.79 bits per heavy atom. The predicted octanol–water partition coefficient (Wildman–Crippen LogP) is 3.60. The molecule has 0 atom stereocenters. The Labute approximate surface area is 220 Å². The van der Waals surface area contributed by atoms with Gasteiger partial charge in [0.2, 0.25) is 0 Å². The van der Waals surface area contributed by atoms with Gasteiger partial charge >= 0.3 is 6.09 Å². The van der Waals surface area contributed by atoms with Gasteiger partial charge in [0.25, 0.3) is 15.6 Å². The van der Waals surface area contributed by atoms with Gasteiger partial charge in [0.15, 0.2) is 11.5 Å². The number of amides is 1. The number of hydrogen-bond donors (Lipinski definition) is 1. The van der Waals surface area contributed by atoms with E-state index < -0.39 is 15.6 Å². The molecule has 38 heavy (non-hydrogen) atoms. The van der Waals surface area contributed by atoms with Gasteiger partial charge in [-0.05, 0) is 51.8 Å². The molecule has 5 rings (SSSR count). The highest BCUT2D eigenvalue weighted by Gasteiger charge is 2.30. The number of likely N-dealkylation sites (tertiary alicyclic amines) is 1. The van der Waals surface area contributed by atoms with Gasteiger partial charge in [0, 0.05) is 37.8 Å². The summed E-state index contributed by atoms with van der Waals surface area (Å²) < 4.78 is 35.1. The Morgan fingerprint density at radius 3 is 2.42 bits per heavy atom. The van der Waals surface area contributed by atoms with Crippen molar-refractivity contribution in [3.63, 3.8) is 0 Å². The molecule has 1 amide bonds. The second-order valence-corrected chi connectivity index (χ2v) is 12.1. The van der Waals surface area contributed by atoms with Crippen LogP contribution in [0.25, 0.3) is 22.1 Å². The third kappa shape index (κ3) is 4.49. The van der Waals surface area contributed by atoms with Crippen LogP contribution in [0.5, 0.6) is 0 Å². The first-order valence-electron chi connectivity index (χ1n) is 12.4. The summed E-state index contributed by atoms with van der Waals surface area (Å²) in [6.07, 6.45) is 3.60. The number of piperidine rings is 1. The molecule has 4 aromatic rings. The van der Waals surface area contributed by atoms with E-state index in [1.807, 2.05) is 20.8 Å². The summed E-state index contributed by atoms with van der Waals surface area (Å²) >= 11 is 0. The van der Waals surface area contributed by atoms with E-state index >= 15 is 0 Å². The van der Waals surface area contributed by atoms with Crippen LogP contribution in [-0.4, -0.2) is 63.7 Å². The van der Waals surface area contributed by atoms with E-state index in [1.54, 1.807) is 40.8 Å². The van der Waals surface area contributed by atoms with Crippen molar-refractivity contribution in [2.45, 2.75) is 50.2 Å². The maximum absolute atomic E-state index is 13.6. The first-order valence-corrected chi connectivity index (χ1v) is 13.8. The molecule has 0 spiro atoms. The summed E-state index contributed by atoms with van der Waals surface area (Å²) in [4.78, 5) is 36.8. The molecule has 1 aliphatic heterocycles. The lowest BCUT2D eigenvalue weighted by Gasteiger charge is -2.34. The first-order chi connectivity index (χ1) is 18.0. The zero-order valence-electron chi connectivity index (χ0n) is 21.7. The van der Waals surface area contributed by atoms with Crippen LogP contribution in [0.3, 0.4) is 0 Å². The van der Waals surface area contributed by atoms with Crippen LogP contribution in [0.2, 0.25) is 0 Å². The molecule has 4 heterocycles. The minimum atomic E-state index is -3.91. The fourth-order valence-corrected chi connectivity index (χ4v) is 6.12. The van der Waals surface area contributed by atoms with Gasteiger partial charge in [0.05, 0.1) is 16.6 Å². The van der Waals surface area contributed by atoms with Crippen LogP contribution in [0.1, 0.15) is 39.7 Å². The number of fused-ring (bicyclic) bond motifs is 3. The van der Waals surface area contributed by atoms with Crippen molar-refractivity contribution in [1.29, 1.82) is 0 Å². The largest absolute Gasteiger partial charge is 0.444 e. The minimum absolute atomic E-state index is 0.134. The summed E-state index contributed by atoms with van der Waals surface area (Å²) in [5.41, 5.74) is 0.267. The molecule has 1 aromatic carbocycles. The van der Waals surface area contributed by atoms with Gasteiger partial charge in [-0.15, -0.1) is 0 Å². The van der Waals surface area contributed by atoms with Crippen LogP contribution in [0, 0.1) is 0 Å². The minimum Gasteiger partial charge on any atom is -0.444 e. The summed E-state index contributed by atoms with van der Waals surface area (Å²) in [6.45, 7) is 6.31. The average molecular weight is 539 g/mol. The molecule has 1 aliphatic rings. The van der Waals surface area contributed by atoms with Crippen molar-refractivity contribution < 1.29 is 17.9 Å². The number of nitrogens with zero attached hydrogens (tertiary/aromatic N) is 5. The molecule has 1 fully saturated rings. The molecule has 1 N–H and O–H groups in total. The van der Waals surface area contributed by atoms with E-state index in [0.717, 1.165) is 3.97 Å². The number of hydrogen-bond acceptors (Lipinski definition) is 8. The standard InChI is InChI=1S/C26H30N6O5S/c1-26(2,3)37-25(34)30-13-10-17(11-14-30)32-21-19-12-15-31(38(35,36)18-8-6-5-7-9-18)23(19)28-16-20(21)29-22(27-4)24(32)33/h5-9,12,15-17H,10-11,13-14H2,1-4H3,(H,27,29). The van der Waals surface area contributed by atoms with Crippen molar-refractivity contribution in [2.75, 3.05) is 25.5 Å². The summed E-state index contributed by atoms with van der Waals surface area (Å²) in [7, 11) is -2.28. The molecule has 1 saturated heterocycles. The fraction of sp³-hybridized carbons (Fsp3) is 0.385. The van der Waals surface area contributed by atoms with Crippen molar-refractivity contribution in [2.24, 2.45) is 0 Å². The van der Waals surface area contributed by atoms with Crippen molar-refractivity contribution in [3.8, 4) is 0 Å². The number of rotatable bonds is 4. The SMILES string of the molecule is CNc1nc2cnc3c(ccn3S(=O)(=O)c3ccccc3)c2n(C2CCN(C(=O)OC(C)(C)C)CC2)c1=O. The van der Waals surface area contributed by atoms with Crippen LogP contribution in [0.4, 0.5) is 10.6 Å². The number of benzene rings is 1. The molecule has 0 radical (unpaired) electrons. The maximum Gasteiger partial charge on any atom is 0.410 e. The molecule has 0 aliphatic carbocycles. The topological polar surface area (TPSA) is 128 Å². The van der Waals surface area contributed by atoms with E-state index in [1.165, 1.54) is 24.5 Å². The van der Waals surface area contributed by atoms with E-state index in [2.05, 4.69) is 15.3 Å². The number of nitrogens with one attached hydrogen (secondary N) is 1. The molecule has 3 aromatic heterocycles. The van der Waals surface area contributed by atoms with Crippen molar-refractivity contribution >= 4 is 44.0 Å². The van der Waals surface area contributed by atoms with E-state index in [9.17, 15) is 18.0 Å². The Bertz CT molecular complexity index is 1680. The van der Waals surface area contributed by atoms with Crippen LogP contribution in [0.15, 0.2) is 58.5 Å². The third-order valence-electron chi connectivity index (χ3n) is 6.55. The molecule has 12 heteroatoms. The van der Waals surface area contributed by atoms with Crippen LogP contribution >= 0.6 is 0 Å². The van der Waals surface area contributed by atoms with Gasteiger partial charge in [0.1, 0.15) is 11.1 Å². The van der Waals surface area contributed by atoms with Crippen molar-refractivity contribution in [3.05, 3.63) is 59.1 Å². The molecular weight excluding hydrogens is 508 g/mol. The quantitative estimate of drug-likeness (QED) is 0.417. The van der Waals surface area contributed by atoms with E-state index in [0.29, 0.717) is 42.4 Å². The average Bonchev–Trinajstić information content (AvgIpc) is 3.33. The van der Waals surface area contributed by atoms with Crippen LogP contribution < -0.4 is 10.9 Å². The Morgan fingerprint density at radius 1 is 1.11 bits per heavy atom. The van der Waals surface area contributed by atoms with Gasteiger partial charge in [-0.25, -0.2) is 27.2 Å². The molecule has 0 unspecified atom stereocenters. The van der Waals surface area contributed by atoms with Gasteiger partial charge in [-0.1, -0.05) is 18.2 Å². The van der Waals surface area contributed by atoms with E-state index in [4.69, 9.17) is 4.74 Å². The molecule has 0 saturated carbocycles. The van der Waals surface area contributed by atoms with Crippen LogP contribution in [-0.2, 0) is 14.8 Å². The second-order valence-electron chi connectivity index (χ2n) is 10.2. The highest BCUT2D eigenvalue weighted by atomic mass is 32.2. The lowest BCUT2D eigenvalue weighted by Crippen LogP contribution is -2.43. The predicted molar refractivity (Wildman–Crippen MR) is 144 cm³/mol. The number of ether oxygens (including phenoxy) is 1.